The van der Waals surface area contributed by atoms with Gasteiger partial charge in [0.05, 0.1) is 21.8 Å². The summed E-state index contributed by atoms with van der Waals surface area (Å²) in [6, 6.07) is 10.7. The van der Waals surface area contributed by atoms with Crippen LogP contribution >= 0.6 is 0 Å². The van der Waals surface area contributed by atoms with E-state index in [9.17, 15) is 24.5 Å². The van der Waals surface area contributed by atoms with E-state index in [0.717, 1.165) is 30.7 Å². The number of non-ortho nitro benzene ring substituents is 1. The van der Waals surface area contributed by atoms with E-state index in [4.69, 9.17) is 24.0 Å². The third-order valence-corrected chi connectivity index (χ3v) is 8.61. The summed E-state index contributed by atoms with van der Waals surface area (Å²) in [5.74, 6) is 0.598. The lowest BCUT2D eigenvalue weighted by Gasteiger charge is -2.30. The van der Waals surface area contributed by atoms with Gasteiger partial charge in [0.2, 0.25) is 0 Å². The molecule has 4 rings (SSSR count). The first-order chi connectivity index (χ1) is 25.6. The number of aryl methyl sites for hydroxylation is 1. The van der Waals surface area contributed by atoms with Crippen molar-refractivity contribution in [2.75, 3.05) is 4.90 Å². The summed E-state index contributed by atoms with van der Waals surface area (Å²) in [5, 5.41) is 18.8. The zero-order valence-corrected chi connectivity index (χ0v) is 33.7. The van der Waals surface area contributed by atoms with Gasteiger partial charge in [-0.05, 0) is 132 Å². The Morgan fingerprint density at radius 1 is 0.964 bits per heavy atom. The maximum atomic E-state index is 14.1. The Morgan fingerprint density at radius 2 is 1.64 bits per heavy atom. The minimum Gasteiger partial charge on any atom is -0.444 e. The van der Waals surface area contributed by atoms with Gasteiger partial charge in [0.15, 0.2) is 0 Å². The fourth-order valence-electron chi connectivity index (χ4n) is 6.17. The maximum Gasteiger partial charge on any atom is 0.514 e. The Balaban J connectivity index is 1.50. The van der Waals surface area contributed by atoms with Crippen LogP contribution in [0, 0.1) is 10.1 Å². The number of amides is 2. The number of alkyl carbamates (subject to hydrolysis) is 1. The van der Waals surface area contributed by atoms with Crippen molar-refractivity contribution in [2.45, 2.75) is 149 Å². The maximum absolute atomic E-state index is 14.1. The molecule has 0 spiro atoms. The average molecular weight is 765 g/mol. The van der Waals surface area contributed by atoms with Crippen molar-refractivity contribution in [2.24, 2.45) is 0 Å². The Bertz CT molecular complexity index is 1800. The van der Waals surface area contributed by atoms with E-state index in [-0.39, 0.29) is 23.4 Å². The number of unbranched alkanes of at least 4 members (excludes halogenated alkanes) is 1. The number of carbonyl (C=O) groups excluding carboxylic acids is 3. The minimum atomic E-state index is -0.892. The molecule has 15 heteroatoms. The number of nitrogens with one attached hydrogen (secondary N) is 1. The van der Waals surface area contributed by atoms with Crippen LogP contribution in [-0.4, -0.2) is 61.4 Å². The predicted octanol–water partition coefficient (Wildman–Crippen LogP) is 9.49. The number of benzene rings is 1. The molecule has 300 valence electrons. The molecule has 1 N–H and O–H groups in total. The van der Waals surface area contributed by atoms with Crippen LogP contribution in [0.15, 0.2) is 48.7 Å². The lowest BCUT2D eigenvalue weighted by molar-refractivity contribution is -0.384. The molecule has 0 aliphatic heterocycles. The van der Waals surface area contributed by atoms with E-state index in [0.29, 0.717) is 37.2 Å². The first kappa shape index (κ1) is 42.5. The van der Waals surface area contributed by atoms with Crippen molar-refractivity contribution in [1.29, 1.82) is 0 Å². The van der Waals surface area contributed by atoms with E-state index in [1.165, 1.54) is 29.2 Å². The van der Waals surface area contributed by atoms with Crippen LogP contribution in [0.2, 0.25) is 0 Å². The van der Waals surface area contributed by atoms with Crippen LogP contribution in [0.1, 0.15) is 125 Å². The zero-order chi connectivity index (χ0) is 40.7. The van der Waals surface area contributed by atoms with Gasteiger partial charge in [0.1, 0.15) is 28.9 Å². The van der Waals surface area contributed by atoms with Crippen molar-refractivity contribution >= 4 is 35.5 Å². The van der Waals surface area contributed by atoms with Crippen LogP contribution in [-0.2, 0) is 26.2 Å². The van der Waals surface area contributed by atoms with Crippen LogP contribution in [0.5, 0.6) is 5.75 Å². The highest BCUT2D eigenvalue weighted by molar-refractivity contribution is 5.95. The number of nitro benzene ring substituents is 1. The van der Waals surface area contributed by atoms with Gasteiger partial charge in [-0.25, -0.2) is 24.0 Å². The van der Waals surface area contributed by atoms with E-state index in [2.05, 4.69) is 10.3 Å². The van der Waals surface area contributed by atoms with E-state index in [1.807, 2.05) is 86.1 Å². The van der Waals surface area contributed by atoms with Crippen LogP contribution < -0.4 is 15.0 Å². The second kappa shape index (κ2) is 17.5. The molecule has 2 heterocycles. The molecule has 1 fully saturated rings. The van der Waals surface area contributed by atoms with Gasteiger partial charge in [0, 0.05) is 42.0 Å². The highest BCUT2D eigenvalue weighted by Crippen LogP contribution is 2.40. The third kappa shape index (κ3) is 13.0. The third-order valence-electron chi connectivity index (χ3n) is 8.61. The number of pyridine rings is 1. The Kier molecular flexibility index (Phi) is 13.5. The van der Waals surface area contributed by atoms with E-state index in [1.54, 1.807) is 12.3 Å². The molecule has 0 radical (unpaired) electrons. The zero-order valence-electron chi connectivity index (χ0n) is 33.7. The van der Waals surface area contributed by atoms with Crippen LogP contribution in [0.3, 0.4) is 0 Å². The second-order valence-corrected chi connectivity index (χ2v) is 17.0. The summed E-state index contributed by atoms with van der Waals surface area (Å²) < 4.78 is 24.0. The van der Waals surface area contributed by atoms with Crippen molar-refractivity contribution < 1.29 is 38.3 Å². The summed E-state index contributed by atoms with van der Waals surface area (Å²) in [4.78, 5) is 55.3. The molecule has 3 atom stereocenters. The molecule has 0 saturated heterocycles. The van der Waals surface area contributed by atoms with Gasteiger partial charge in [-0.15, -0.1) is 0 Å². The highest BCUT2D eigenvalue weighted by Gasteiger charge is 2.36. The lowest BCUT2D eigenvalue weighted by Crippen LogP contribution is -2.37. The summed E-state index contributed by atoms with van der Waals surface area (Å²) in [6.07, 6.45) is 4.22. The van der Waals surface area contributed by atoms with Gasteiger partial charge >= 0.3 is 18.3 Å². The number of aromatic nitrogens is 3. The molecule has 0 unspecified atom stereocenters. The fourth-order valence-corrected chi connectivity index (χ4v) is 6.17. The molecule has 0 bridgehead atoms. The molecule has 1 aromatic carbocycles. The fraction of sp³-hybridized carbons (Fsp3) is 0.575. The molecule has 15 nitrogen and oxygen atoms in total. The van der Waals surface area contributed by atoms with Crippen molar-refractivity contribution in [1.82, 2.24) is 20.1 Å². The van der Waals surface area contributed by atoms with Crippen LogP contribution in [0.25, 0.3) is 0 Å². The molecule has 2 aromatic heterocycles. The molecule has 3 aromatic rings. The van der Waals surface area contributed by atoms with Gasteiger partial charge in [-0.1, -0.05) is 6.42 Å². The Labute approximate surface area is 323 Å². The van der Waals surface area contributed by atoms with E-state index < -0.39 is 46.1 Å². The predicted molar refractivity (Wildman–Crippen MR) is 207 cm³/mol. The minimum absolute atomic E-state index is 0.0540. The number of hydrogen-bond donors (Lipinski definition) is 1. The first-order valence-corrected chi connectivity index (χ1v) is 18.8. The summed E-state index contributed by atoms with van der Waals surface area (Å²) in [5.41, 5.74) is 0.149. The lowest BCUT2D eigenvalue weighted by atomic mass is 10.0. The average Bonchev–Trinajstić information content (AvgIpc) is 3.70. The van der Waals surface area contributed by atoms with Crippen molar-refractivity contribution in [3.63, 3.8) is 0 Å². The largest absolute Gasteiger partial charge is 0.514 e. The molecule has 55 heavy (non-hydrogen) atoms. The number of carbonyl (C=O) groups is 3. The van der Waals surface area contributed by atoms with Gasteiger partial charge in [-0.3, -0.25) is 15.1 Å². The highest BCUT2D eigenvalue weighted by atomic mass is 16.7. The summed E-state index contributed by atoms with van der Waals surface area (Å²) in [7, 11) is 0. The SMILES string of the molecule is C[C@H](CCCCc1cc(N(C(=O)OC(C)(C)C)c2cc([C@H]3CC[C@@H](OC(=O)Oc4ccc([N+](=O)[O-])cc4)C3)nn2C(C)(C)C)ccn1)NC(=O)OC(C)(C)C. The Hall–Kier alpha value is -5.21. The van der Waals surface area contributed by atoms with E-state index >= 15 is 0 Å². The molecule has 1 aliphatic carbocycles. The normalized spacial score (nSPS) is 16.5. The molecule has 2 amide bonds. The van der Waals surface area contributed by atoms with Crippen molar-refractivity contribution in [3.8, 4) is 5.75 Å². The van der Waals surface area contributed by atoms with Gasteiger partial charge < -0.3 is 24.3 Å². The monoisotopic (exact) mass is 764 g/mol. The summed E-state index contributed by atoms with van der Waals surface area (Å²) >= 11 is 0. The number of rotatable bonds is 12. The number of nitrogens with zero attached hydrogens (tertiary/aromatic N) is 5. The number of hydrogen-bond acceptors (Lipinski definition) is 11. The smallest absolute Gasteiger partial charge is 0.444 e. The first-order valence-electron chi connectivity index (χ1n) is 18.8. The summed E-state index contributed by atoms with van der Waals surface area (Å²) in [6.45, 7) is 18.9. The molecule has 1 aliphatic rings. The topological polar surface area (TPSA) is 177 Å². The van der Waals surface area contributed by atoms with Gasteiger partial charge in [-0.2, -0.15) is 5.10 Å². The number of ether oxygens (including phenoxy) is 4. The number of anilines is 2. The quantitative estimate of drug-likeness (QED) is 0.0464. The molecular formula is C40H56N6O9. The van der Waals surface area contributed by atoms with Crippen LogP contribution in [0.4, 0.5) is 31.6 Å². The van der Waals surface area contributed by atoms with Crippen molar-refractivity contribution in [3.05, 3.63) is 70.2 Å². The number of nitro groups is 1. The Morgan fingerprint density at radius 3 is 2.25 bits per heavy atom. The second-order valence-electron chi connectivity index (χ2n) is 17.0. The molecular weight excluding hydrogens is 708 g/mol. The molecule has 1 saturated carbocycles. The van der Waals surface area contributed by atoms with Gasteiger partial charge in [0.25, 0.3) is 5.69 Å². The standard InChI is InChI=1S/C40H56N6O9/c1-26(42-35(47)54-39(5,6)7)13-11-12-14-28-24-30(21-22-41-28)44(36(48)55-40(8,9)10)34-25-33(43-45(34)38(2,3)4)27-15-18-32(23-27)53-37(49)52-31-19-16-29(17-20-31)46(50)51/h16-17,19-22,24-27,32H,11-15,18,23H2,1-10H3,(H,42,47)/t26-,27+,32-/m1/s1.